The number of benzene rings is 1. The standard InChI is InChI=1S/C13H9Cl2FN2O2/c1-20-10-3-2-8(6-9(10)16)17-13(19)7-4-11(14)18-12(15)5-7/h2-6H,1H3,(H,17,19). The molecule has 4 nitrogen and oxygen atoms in total. The van der Waals surface area contributed by atoms with Crippen LogP contribution in [0.1, 0.15) is 10.4 Å². The molecule has 0 atom stereocenters. The van der Waals surface area contributed by atoms with Gasteiger partial charge in [0, 0.05) is 17.3 Å². The Hall–Kier alpha value is -1.85. The van der Waals surface area contributed by atoms with Crippen LogP contribution in [0.15, 0.2) is 30.3 Å². The van der Waals surface area contributed by atoms with Gasteiger partial charge in [-0.05, 0) is 24.3 Å². The van der Waals surface area contributed by atoms with Gasteiger partial charge in [-0.15, -0.1) is 0 Å². The molecule has 2 aromatic rings. The fourth-order valence-corrected chi connectivity index (χ4v) is 2.00. The second kappa shape index (κ2) is 6.07. The number of ether oxygens (including phenoxy) is 1. The van der Waals surface area contributed by atoms with Crippen molar-refractivity contribution in [3.05, 3.63) is 52.0 Å². The molecule has 0 unspecified atom stereocenters. The molecule has 1 aromatic heterocycles. The third-order valence-electron chi connectivity index (χ3n) is 2.43. The predicted octanol–water partition coefficient (Wildman–Crippen LogP) is 3.79. The molecule has 1 heterocycles. The lowest BCUT2D eigenvalue weighted by Crippen LogP contribution is -2.12. The van der Waals surface area contributed by atoms with E-state index in [1.807, 2.05) is 0 Å². The van der Waals surface area contributed by atoms with Crippen LogP contribution < -0.4 is 10.1 Å². The third kappa shape index (κ3) is 3.37. The number of hydrogen-bond donors (Lipinski definition) is 1. The number of nitrogens with zero attached hydrogens (tertiary/aromatic N) is 1. The van der Waals surface area contributed by atoms with E-state index in [9.17, 15) is 9.18 Å². The molecule has 0 radical (unpaired) electrons. The zero-order valence-electron chi connectivity index (χ0n) is 10.3. The minimum Gasteiger partial charge on any atom is -0.494 e. The van der Waals surface area contributed by atoms with Gasteiger partial charge in [-0.1, -0.05) is 23.2 Å². The molecule has 0 aliphatic carbocycles. The SMILES string of the molecule is COc1ccc(NC(=O)c2cc(Cl)nc(Cl)c2)cc1F. The highest BCUT2D eigenvalue weighted by Crippen LogP contribution is 2.22. The number of aromatic nitrogens is 1. The highest BCUT2D eigenvalue weighted by Gasteiger charge is 2.10. The number of carbonyl (C=O) groups is 1. The number of anilines is 1. The fourth-order valence-electron chi connectivity index (χ4n) is 1.54. The molecule has 104 valence electrons. The number of methoxy groups -OCH3 is 1. The quantitative estimate of drug-likeness (QED) is 0.877. The van der Waals surface area contributed by atoms with Crippen molar-refractivity contribution in [3.8, 4) is 5.75 Å². The molecule has 0 spiro atoms. The van der Waals surface area contributed by atoms with E-state index < -0.39 is 11.7 Å². The van der Waals surface area contributed by atoms with Crippen molar-refractivity contribution >= 4 is 34.8 Å². The van der Waals surface area contributed by atoms with E-state index in [-0.39, 0.29) is 27.3 Å². The first-order valence-corrected chi connectivity index (χ1v) is 6.23. The van der Waals surface area contributed by atoms with Crippen LogP contribution in [0.25, 0.3) is 0 Å². The average Bonchev–Trinajstić information content (AvgIpc) is 2.37. The summed E-state index contributed by atoms with van der Waals surface area (Å²) in [6.07, 6.45) is 0. The topological polar surface area (TPSA) is 51.2 Å². The van der Waals surface area contributed by atoms with Crippen molar-refractivity contribution in [1.82, 2.24) is 4.98 Å². The second-order valence-electron chi connectivity index (χ2n) is 3.80. The lowest BCUT2D eigenvalue weighted by molar-refractivity contribution is 0.102. The molecule has 0 aliphatic heterocycles. The molecule has 0 saturated carbocycles. The number of nitrogens with one attached hydrogen (secondary N) is 1. The van der Waals surface area contributed by atoms with Gasteiger partial charge in [0.25, 0.3) is 5.91 Å². The maximum absolute atomic E-state index is 13.5. The first-order valence-electron chi connectivity index (χ1n) is 5.47. The molecular weight excluding hydrogens is 306 g/mol. The number of pyridine rings is 1. The highest BCUT2D eigenvalue weighted by atomic mass is 35.5. The third-order valence-corrected chi connectivity index (χ3v) is 2.82. The molecule has 7 heteroatoms. The number of halogens is 3. The van der Waals surface area contributed by atoms with E-state index in [1.54, 1.807) is 0 Å². The van der Waals surface area contributed by atoms with Crippen molar-refractivity contribution in [2.45, 2.75) is 0 Å². The van der Waals surface area contributed by atoms with Gasteiger partial charge in [0.2, 0.25) is 0 Å². The minimum absolute atomic E-state index is 0.0954. The number of amides is 1. The zero-order chi connectivity index (χ0) is 14.7. The summed E-state index contributed by atoms with van der Waals surface area (Å²) in [6.45, 7) is 0. The molecular formula is C13H9Cl2FN2O2. The van der Waals surface area contributed by atoms with E-state index in [0.717, 1.165) is 6.07 Å². The second-order valence-corrected chi connectivity index (χ2v) is 4.58. The lowest BCUT2D eigenvalue weighted by Gasteiger charge is -2.08. The average molecular weight is 315 g/mol. The Kier molecular flexibility index (Phi) is 4.42. The molecule has 1 aromatic carbocycles. The molecule has 0 aliphatic rings. The molecule has 2 rings (SSSR count). The van der Waals surface area contributed by atoms with Crippen LogP contribution in [0.3, 0.4) is 0 Å². The first-order chi connectivity index (χ1) is 9.49. The maximum Gasteiger partial charge on any atom is 0.255 e. The number of carbonyl (C=O) groups excluding carboxylic acids is 1. The summed E-state index contributed by atoms with van der Waals surface area (Å²) in [6, 6.07) is 6.81. The summed E-state index contributed by atoms with van der Waals surface area (Å²) >= 11 is 11.4. The molecule has 0 bridgehead atoms. The summed E-state index contributed by atoms with van der Waals surface area (Å²) < 4.78 is 18.3. The monoisotopic (exact) mass is 314 g/mol. The molecule has 1 amide bonds. The summed E-state index contributed by atoms with van der Waals surface area (Å²) in [5.74, 6) is -0.949. The van der Waals surface area contributed by atoms with E-state index in [1.165, 1.54) is 31.4 Å². The Morgan fingerprint density at radius 1 is 1.25 bits per heavy atom. The van der Waals surface area contributed by atoms with Crippen molar-refractivity contribution in [2.75, 3.05) is 12.4 Å². The lowest BCUT2D eigenvalue weighted by atomic mass is 10.2. The molecule has 1 N–H and O–H groups in total. The molecule has 20 heavy (non-hydrogen) atoms. The van der Waals surface area contributed by atoms with E-state index >= 15 is 0 Å². The summed E-state index contributed by atoms with van der Waals surface area (Å²) in [5, 5.41) is 2.73. The van der Waals surface area contributed by atoms with Crippen molar-refractivity contribution in [2.24, 2.45) is 0 Å². The smallest absolute Gasteiger partial charge is 0.255 e. The Morgan fingerprint density at radius 3 is 2.45 bits per heavy atom. The van der Waals surface area contributed by atoms with Gasteiger partial charge in [0.15, 0.2) is 11.6 Å². The largest absolute Gasteiger partial charge is 0.494 e. The van der Waals surface area contributed by atoms with Crippen molar-refractivity contribution in [3.63, 3.8) is 0 Å². The predicted molar refractivity (Wildman–Crippen MR) is 75.2 cm³/mol. The van der Waals surface area contributed by atoms with Gasteiger partial charge in [-0.3, -0.25) is 4.79 Å². The highest BCUT2D eigenvalue weighted by molar-refractivity contribution is 6.33. The van der Waals surface area contributed by atoms with Crippen LogP contribution >= 0.6 is 23.2 Å². The molecule has 0 saturated heterocycles. The van der Waals surface area contributed by atoms with Crippen LogP contribution in [0.2, 0.25) is 10.3 Å². The first kappa shape index (κ1) is 14.6. The number of hydrogen-bond acceptors (Lipinski definition) is 3. The van der Waals surface area contributed by atoms with Gasteiger partial charge in [0.05, 0.1) is 7.11 Å². The van der Waals surface area contributed by atoms with Crippen LogP contribution in [0.4, 0.5) is 10.1 Å². The summed E-state index contributed by atoms with van der Waals surface area (Å²) in [4.78, 5) is 15.7. The van der Waals surface area contributed by atoms with Gasteiger partial charge in [-0.2, -0.15) is 0 Å². The van der Waals surface area contributed by atoms with Crippen molar-refractivity contribution in [1.29, 1.82) is 0 Å². The van der Waals surface area contributed by atoms with Crippen LogP contribution in [-0.4, -0.2) is 18.0 Å². The van der Waals surface area contributed by atoms with Crippen LogP contribution in [-0.2, 0) is 0 Å². The zero-order valence-corrected chi connectivity index (χ0v) is 11.8. The van der Waals surface area contributed by atoms with Crippen molar-refractivity contribution < 1.29 is 13.9 Å². The molecule has 0 fully saturated rings. The van der Waals surface area contributed by atoms with E-state index in [4.69, 9.17) is 27.9 Å². The Balaban J connectivity index is 2.21. The van der Waals surface area contributed by atoms with Gasteiger partial charge >= 0.3 is 0 Å². The van der Waals surface area contributed by atoms with Gasteiger partial charge in [0.1, 0.15) is 10.3 Å². The maximum atomic E-state index is 13.5. The van der Waals surface area contributed by atoms with Gasteiger partial charge in [-0.25, -0.2) is 9.37 Å². The number of rotatable bonds is 3. The van der Waals surface area contributed by atoms with Crippen LogP contribution in [0.5, 0.6) is 5.75 Å². The normalized spacial score (nSPS) is 10.2. The van der Waals surface area contributed by atoms with Crippen LogP contribution in [0, 0.1) is 5.82 Å². The Bertz CT molecular complexity index is 645. The fraction of sp³-hybridized carbons (Fsp3) is 0.0769. The van der Waals surface area contributed by atoms with E-state index in [0.29, 0.717) is 0 Å². The summed E-state index contributed by atoms with van der Waals surface area (Å²) in [7, 11) is 1.36. The van der Waals surface area contributed by atoms with Gasteiger partial charge < -0.3 is 10.1 Å². The Morgan fingerprint density at radius 2 is 1.90 bits per heavy atom. The minimum atomic E-state index is -0.573. The Labute approximate surface area is 124 Å². The van der Waals surface area contributed by atoms with E-state index in [2.05, 4.69) is 10.3 Å². The summed E-state index contributed by atoms with van der Waals surface area (Å²) in [5.41, 5.74) is 0.517.